The summed E-state index contributed by atoms with van der Waals surface area (Å²) in [6.07, 6.45) is 4.03. The van der Waals surface area contributed by atoms with Crippen molar-refractivity contribution < 1.29 is 13.5 Å². The Bertz CT molecular complexity index is 420. The van der Waals surface area contributed by atoms with Crippen molar-refractivity contribution in [2.75, 3.05) is 12.4 Å². The van der Waals surface area contributed by atoms with E-state index in [2.05, 4.69) is 21.2 Å². The van der Waals surface area contributed by atoms with Crippen molar-refractivity contribution in [3.63, 3.8) is 0 Å². The topological polar surface area (TPSA) is 21.3 Å². The first-order valence-corrected chi connectivity index (χ1v) is 6.83. The molecule has 0 radical (unpaired) electrons. The predicted molar refractivity (Wildman–Crippen MR) is 70.7 cm³/mol. The van der Waals surface area contributed by atoms with Gasteiger partial charge in [-0.25, -0.2) is 8.78 Å². The van der Waals surface area contributed by atoms with E-state index in [1.54, 1.807) is 7.11 Å². The zero-order valence-corrected chi connectivity index (χ0v) is 11.8. The number of benzene rings is 1. The molecular weight excluding hydrogens is 304 g/mol. The van der Waals surface area contributed by atoms with Crippen molar-refractivity contribution in [2.24, 2.45) is 0 Å². The maximum atomic E-state index is 13.6. The number of methoxy groups -OCH3 is 1. The number of halogens is 3. The summed E-state index contributed by atoms with van der Waals surface area (Å²) in [6, 6.07) is 2.53. The van der Waals surface area contributed by atoms with E-state index in [0.29, 0.717) is 6.10 Å². The molecule has 0 unspecified atom stereocenters. The van der Waals surface area contributed by atoms with Crippen LogP contribution in [0.3, 0.4) is 0 Å². The van der Waals surface area contributed by atoms with Gasteiger partial charge in [-0.05, 0) is 47.7 Å². The minimum absolute atomic E-state index is 0.147. The van der Waals surface area contributed by atoms with E-state index in [4.69, 9.17) is 4.74 Å². The zero-order valence-electron chi connectivity index (χ0n) is 10.2. The third kappa shape index (κ3) is 3.20. The Morgan fingerprint density at radius 3 is 2.44 bits per heavy atom. The van der Waals surface area contributed by atoms with E-state index in [9.17, 15) is 8.78 Å². The summed E-state index contributed by atoms with van der Waals surface area (Å²) in [5, 5.41) is 3.07. The maximum Gasteiger partial charge on any atom is 0.147 e. The Morgan fingerprint density at radius 2 is 1.83 bits per heavy atom. The molecule has 0 aliphatic heterocycles. The van der Waals surface area contributed by atoms with Gasteiger partial charge >= 0.3 is 0 Å². The second-order valence-electron chi connectivity index (χ2n) is 4.60. The lowest BCUT2D eigenvalue weighted by atomic mass is 9.93. The molecule has 1 aromatic carbocycles. The lowest BCUT2D eigenvalue weighted by molar-refractivity contribution is 0.0681. The third-order valence-corrected chi connectivity index (χ3v) is 3.98. The Labute approximate surface area is 114 Å². The molecule has 2 rings (SSSR count). The molecule has 0 heterocycles. The predicted octanol–water partition coefficient (Wildman–Crippen LogP) is 4.10. The van der Waals surface area contributed by atoms with Crippen LogP contribution in [0.4, 0.5) is 14.5 Å². The largest absolute Gasteiger partial charge is 0.381 e. The van der Waals surface area contributed by atoms with Gasteiger partial charge in [0.15, 0.2) is 0 Å². The molecule has 1 aromatic rings. The molecule has 1 aliphatic carbocycles. The molecule has 1 fully saturated rings. The van der Waals surface area contributed by atoms with Gasteiger partial charge in [-0.15, -0.1) is 0 Å². The molecule has 1 saturated carbocycles. The van der Waals surface area contributed by atoms with Crippen LogP contribution >= 0.6 is 15.9 Å². The van der Waals surface area contributed by atoms with Gasteiger partial charge in [-0.2, -0.15) is 0 Å². The molecule has 0 amide bonds. The highest BCUT2D eigenvalue weighted by Gasteiger charge is 2.21. The normalized spacial score (nSPS) is 24.0. The van der Waals surface area contributed by atoms with E-state index >= 15 is 0 Å². The fraction of sp³-hybridized carbons (Fsp3) is 0.538. The van der Waals surface area contributed by atoms with Crippen LogP contribution in [0, 0.1) is 11.6 Å². The summed E-state index contributed by atoms with van der Waals surface area (Å²) in [5.41, 5.74) is 0.233. The molecule has 18 heavy (non-hydrogen) atoms. The molecule has 0 atom stereocenters. The Kier molecular flexibility index (Phi) is 4.56. The van der Waals surface area contributed by atoms with Crippen LogP contribution < -0.4 is 5.32 Å². The van der Waals surface area contributed by atoms with Gasteiger partial charge in [0.05, 0.1) is 16.3 Å². The van der Waals surface area contributed by atoms with Gasteiger partial charge < -0.3 is 10.1 Å². The second kappa shape index (κ2) is 5.97. The minimum atomic E-state index is -0.454. The maximum absolute atomic E-state index is 13.6. The van der Waals surface area contributed by atoms with Crippen molar-refractivity contribution >= 4 is 21.6 Å². The highest BCUT2D eigenvalue weighted by Crippen LogP contribution is 2.27. The van der Waals surface area contributed by atoms with Crippen LogP contribution in [0.25, 0.3) is 0 Å². The van der Waals surface area contributed by atoms with E-state index in [-0.39, 0.29) is 16.2 Å². The minimum Gasteiger partial charge on any atom is -0.381 e. The number of anilines is 1. The molecule has 100 valence electrons. The Hall–Kier alpha value is -0.680. The highest BCUT2D eigenvalue weighted by molar-refractivity contribution is 9.10. The number of hydrogen-bond acceptors (Lipinski definition) is 2. The smallest absolute Gasteiger partial charge is 0.147 e. The van der Waals surface area contributed by atoms with Crippen molar-refractivity contribution in [3.8, 4) is 0 Å². The number of rotatable bonds is 3. The van der Waals surface area contributed by atoms with Crippen LogP contribution in [0.5, 0.6) is 0 Å². The molecule has 2 nitrogen and oxygen atoms in total. The number of hydrogen-bond donors (Lipinski definition) is 1. The van der Waals surface area contributed by atoms with E-state index in [0.717, 1.165) is 31.7 Å². The first-order valence-electron chi connectivity index (χ1n) is 6.04. The van der Waals surface area contributed by atoms with E-state index < -0.39 is 11.6 Å². The quantitative estimate of drug-likeness (QED) is 0.847. The molecule has 0 spiro atoms. The van der Waals surface area contributed by atoms with Crippen LogP contribution in [-0.4, -0.2) is 19.3 Å². The van der Waals surface area contributed by atoms with Crippen molar-refractivity contribution in [2.45, 2.75) is 37.8 Å². The molecule has 1 aliphatic rings. The van der Waals surface area contributed by atoms with E-state index in [1.807, 2.05) is 0 Å². The van der Waals surface area contributed by atoms with Crippen LogP contribution in [0.1, 0.15) is 25.7 Å². The summed E-state index contributed by atoms with van der Waals surface area (Å²) in [6.45, 7) is 0. The summed E-state index contributed by atoms with van der Waals surface area (Å²) < 4.78 is 32.4. The number of nitrogens with one attached hydrogen (secondary N) is 1. The van der Waals surface area contributed by atoms with Crippen LogP contribution in [0.15, 0.2) is 16.6 Å². The fourth-order valence-corrected chi connectivity index (χ4v) is 2.61. The molecule has 1 N–H and O–H groups in total. The SMILES string of the molecule is COC1CCC(Nc2cc(F)c(Br)cc2F)CC1. The molecule has 0 bridgehead atoms. The highest BCUT2D eigenvalue weighted by atomic mass is 79.9. The van der Waals surface area contributed by atoms with Gasteiger partial charge in [0.1, 0.15) is 11.6 Å². The molecule has 0 saturated heterocycles. The Morgan fingerprint density at radius 1 is 1.17 bits per heavy atom. The van der Waals surface area contributed by atoms with Gasteiger partial charge in [0.25, 0.3) is 0 Å². The standard InChI is InChI=1S/C13H16BrF2NO/c1-18-9-4-2-8(3-5-9)17-13-7-11(15)10(14)6-12(13)16/h6-9,17H,2-5H2,1H3. The third-order valence-electron chi connectivity index (χ3n) is 3.38. The summed E-state index contributed by atoms with van der Waals surface area (Å²) in [5.74, 6) is -0.887. The van der Waals surface area contributed by atoms with Gasteiger partial charge in [-0.3, -0.25) is 0 Å². The monoisotopic (exact) mass is 319 g/mol. The Balaban J connectivity index is 2.00. The average molecular weight is 320 g/mol. The summed E-state index contributed by atoms with van der Waals surface area (Å²) >= 11 is 2.96. The van der Waals surface area contributed by atoms with Gasteiger partial charge in [-0.1, -0.05) is 0 Å². The summed E-state index contributed by atoms with van der Waals surface area (Å²) in [4.78, 5) is 0. The van der Waals surface area contributed by atoms with Crippen molar-refractivity contribution in [3.05, 3.63) is 28.2 Å². The first kappa shape index (κ1) is 13.7. The zero-order chi connectivity index (χ0) is 13.1. The van der Waals surface area contributed by atoms with Crippen LogP contribution in [0.2, 0.25) is 0 Å². The summed E-state index contributed by atoms with van der Waals surface area (Å²) in [7, 11) is 1.71. The fourth-order valence-electron chi connectivity index (χ4n) is 2.30. The van der Waals surface area contributed by atoms with Crippen molar-refractivity contribution in [1.29, 1.82) is 0 Å². The van der Waals surface area contributed by atoms with Gasteiger partial charge in [0, 0.05) is 19.2 Å². The second-order valence-corrected chi connectivity index (χ2v) is 5.45. The van der Waals surface area contributed by atoms with Crippen molar-refractivity contribution in [1.82, 2.24) is 0 Å². The number of ether oxygens (including phenoxy) is 1. The van der Waals surface area contributed by atoms with Gasteiger partial charge in [0.2, 0.25) is 0 Å². The average Bonchev–Trinajstić information content (AvgIpc) is 2.37. The molecule has 0 aromatic heterocycles. The first-order chi connectivity index (χ1) is 8.60. The van der Waals surface area contributed by atoms with Crippen LogP contribution in [-0.2, 0) is 4.74 Å². The molecular formula is C13H16BrF2NO. The lowest BCUT2D eigenvalue weighted by Gasteiger charge is -2.29. The molecule has 5 heteroatoms. The van der Waals surface area contributed by atoms with E-state index in [1.165, 1.54) is 6.07 Å². The lowest BCUT2D eigenvalue weighted by Crippen LogP contribution is -2.29.